The van der Waals surface area contributed by atoms with Crippen molar-refractivity contribution in [2.75, 3.05) is 19.0 Å². The van der Waals surface area contributed by atoms with E-state index >= 15 is 0 Å². The van der Waals surface area contributed by atoms with Crippen LogP contribution in [0.5, 0.6) is 11.5 Å². The maximum atomic E-state index is 12.8. The standard InChI is InChI=1S/C26H20ClN3O7S/c1-36-22-12-16(9-10-21(22)37-15-17-5-4-6-18(11-17)30(34)35)13-23-25(32)29(26(33)38-23)14-24(31)28-20-8-3-2-7-19(20)27/h2-13H,14-15H2,1H3,(H,28,31)/b23-13+. The number of hydrogen-bond acceptors (Lipinski definition) is 8. The van der Waals surface area contributed by atoms with Crippen LogP contribution in [0, 0.1) is 10.1 Å². The van der Waals surface area contributed by atoms with Gasteiger partial charge in [-0.05, 0) is 53.2 Å². The lowest BCUT2D eigenvalue weighted by Crippen LogP contribution is -2.36. The van der Waals surface area contributed by atoms with E-state index in [-0.39, 0.29) is 17.2 Å². The monoisotopic (exact) mass is 553 g/mol. The normalized spacial score (nSPS) is 14.1. The molecule has 1 aliphatic heterocycles. The van der Waals surface area contributed by atoms with E-state index in [2.05, 4.69) is 5.32 Å². The van der Waals surface area contributed by atoms with Crippen molar-refractivity contribution >= 4 is 57.9 Å². The highest BCUT2D eigenvalue weighted by atomic mass is 35.5. The average Bonchev–Trinajstić information content (AvgIpc) is 3.16. The number of nitrogens with zero attached hydrogens (tertiary/aromatic N) is 2. The van der Waals surface area contributed by atoms with Gasteiger partial charge in [-0.1, -0.05) is 41.9 Å². The van der Waals surface area contributed by atoms with E-state index in [0.717, 1.165) is 16.7 Å². The molecule has 1 heterocycles. The van der Waals surface area contributed by atoms with Crippen LogP contribution in [0.1, 0.15) is 11.1 Å². The number of amides is 3. The first-order valence-electron chi connectivity index (χ1n) is 11.1. The Balaban J connectivity index is 1.43. The minimum atomic E-state index is -0.598. The summed E-state index contributed by atoms with van der Waals surface area (Å²) in [5.41, 5.74) is 1.51. The number of rotatable bonds is 9. The Morgan fingerprint density at radius 3 is 2.63 bits per heavy atom. The summed E-state index contributed by atoms with van der Waals surface area (Å²) in [6, 6.07) is 17.7. The average molecular weight is 554 g/mol. The third-order valence-corrected chi connectivity index (χ3v) is 6.56. The van der Waals surface area contributed by atoms with Gasteiger partial charge in [-0.3, -0.25) is 29.4 Å². The van der Waals surface area contributed by atoms with Gasteiger partial charge < -0.3 is 14.8 Å². The Hall–Kier alpha value is -4.35. The summed E-state index contributed by atoms with van der Waals surface area (Å²) in [5.74, 6) is -0.407. The number of nitro groups is 1. The first kappa shape index (κ1) is 26.7. The number of hydrogen-bond donors (Lipinski definition) is 1. The van der Waals surface area contributed by atoms with Crippen molar-refractivity contribution in [1.29, 1.82) is 0 Å². The lowest BCUT2D eigenvalue weighted by atomic mass is 10.1. The summed E-state index contributed by atoms with van der Waals surface area (Å²) in [6.45, 7) is -0.381. The number of para-hydroxylation sites is 1. The minimum absolute atomic E-state index is 0.0382. The fourth-order valence-corrected chi connectivity index (χ4v) is 4.52. The highest BCUT2D eigenvalue weighted by Crippen LogP contribution is 2.35. The maximum Gasteiger partial charge on any atom is 0.294 e. The van der Waals surface area contributed by atoms with Crippen molar-refractivity contribution < 1.29 is 28.8 Å². The molecule has 1 N–H and O–H groups in total. The van der Waals surface area contributed by atoms with Gasteiger partial charge in [0.1, 0.15) is 13.2 Å². The number of carbonyl (C=O) groups is 3. The fraction of sp³-hybridized carbons (Fsp3) is 0.115. The first-order chi connectivity index (χ1) is 18.2. The maximum absolute atomic E-state index is 12.8. The number of carbonyl (C=O) groups excluding carboxylic acids is 3. The van der Waals surface area contributed by atoms with E-state index < -0.39 is 28.5 Å². The van der Waals surface area contributed by atoms with Crippen molar-refractivity contribution in [3.63, 3.8) is 0 Å². The highest BCUT2D eigenvalue weighted by molar-refractivity contribution is 8.18. The molecule has 0 aromatic heterocycles. The summed E-state index contributed by atoms with van der Waals surface area (Å²) in [5, 5.41) is 13.3. The number of imide groups is 1. The van der Waals surface area contributed by atoms with Gasteiger partial charge in [-0.15, -0.1) is 0 Å². The van der Waals surface area contributed by atoms with E-state index in [0.29, 0.717) is 33.3 Å². The van der Waals surface area contributed by atoms with Gasteiger partial charge in [-0.25, -0.2) is 0 Å². The number of nitro benzene ring substituents is 1. The van der Waals surface area contributed by atoms with Gasteiger partial charge in [0.25, 0.3) is 16.8 Å². The summed E-state index contributed by atoms with van der Waals surface area (Å²) in [7, 11) is 1.45. The number of nitrogens with one attached hydrogen (secondary N) is 1. The van der Waals surface area contributed by atoms with Crippen LogP contribution < -0.4 is 14.8 Å². The van der Waals surface area contributed by atoms with Crippen molar-refractivity contribution in [2.45, 2.75) is 6.61 Å². The molecule has 12 heteroatoms. The quantitative estimate of drug-likeness (QED) is 0.209. The molecule has 0 radical (unpaired) electrons. The Kier molecular flexibility index (Phi) is 8.29. The van der Waals surface area contributed by atoms with E-state index in [4.69, 9.17) is 21.1 Å². The summed E-state index contributed by atoms with van der Waals surface area (Å²) >= 11 is 6.76. The molecular formula is C26H20ClN3O7S. The van der Waals surface area contributed by atoms with E-state index in [1.165, 1.54) is 25.3 Å². The summed E-state index contributed by atoms with van der Waals surface area (Å²) in [6.07, 6.45) is 1.52. The predicted molar refractivity (Wildman–Crippen MR) is 143 cm³/mol. The molecule has 3 aromatic rings. The SMILES string of the molecule is COc1cc(/C=C2/SC(=O)N(CC(=O)Nc3ccccc3Cl)C2=O)ccc1OCc1cccc([N+](=O)[O-])c1. The molecule has 194 valence electrons. The number of ether oxygens (including phenoxy) is 2. The van der Waals surface area contributed by atoms with Crippen molar-refractivity contribution in [3.05, 3.63) is 97.9 Å². The van der Waals surface area contributed by atoms with E-state index in [1.54, 1.807) is 54.6 Å². The third-order valence-electron chi connectivity index (χ3n) is 5.32. The van der Waals surface area contributed by atoms with Gasteiger partial charge in [0, 0.05) is 12.1 Å². The van der Waals surface area contributed by atoms with Crippen LogP contribution in [0.4, 0.5) is 16.2 Å². The molecule has 1 aliphatic rings. The van der Waals surface area contributed by atoms with E-state index in [9.17, 15) is 24.5 Å². The number of halogens is 1. The second kappa shape index (κ2) is 11.8. The molecule has 0 aliphatic carbocycles. The van der Waals surface area contributed by atoms with Gasteiger partial charge in [0.15, 0.2) is 11.5 Å². The van der Waals surface area contributed by atoms with Crippen LogP contribution in [-0.4, -0.2) is 40.5 Å². The van der Waals surface area contributed by atoms with Crippen LogP contribution in [0.2, 0.25) is 5.02 Å². The molecule has 38 heavy (non-hydrogen) atoms. The molecular weight excluding hydrogens is 534 g/mol. The molecule has 0 unspecified atom stereocenters. The van der Waals surface area contributed by atoms with Crippen molar-refractivity contribution in [2.24, 2.45) is 0 Å². The molecule has 0 atom stereocenters. The molecule has 3 aromatic carbocycles. The molecule has 3 amide bonds. The molecule has 1 fully saturated rings. The largest absolute Gasteiger partial charge is 0.493 e. The summed E-state index contributed by atoms with van der Waals surface area (Å²) in [4.78, 5) is 49.2. The van der Waals surface area contributed by atoms with Crippen LogP contribution in [0.25, 0.3) is 6.08 Å². The lowest BCUT2D eigenvalue weighted by molar-refractivity contribution is -0.384. The zero-order valence-corrected chi connectivity index (χ0v) is 21.5. The first-order valence-corrected chi connectivity index (χ1v) is 12.3. The van der Waals surface area contributed by atoms with Gasteiger partial charge in [-0.2, -0.15) is 0 Å². The molecule has 1 saturated heterocycles. The smallest absolute Gasteiger partial charge is 0.294 e. The highest BCUT2D eigenvalue weighted by Gasteiger charge is 2.36. The molecule has 10 nitrogen and oxygen atoms in total. The molecule has 0 bridgehead atoms. The van der Waals surface area contributed by atoms with E-state index in [1.807, 2.05) is 0 Å². The zero-order chi connectivity index (χ0) is 27.2. The predicted octanol–water partition coefficient (Wildman–Crippen LogP) is 5.51. The summed E-state index contributed by atoms with van der Waals surface area (Å²) < 4.78 is 11.2. The lowest BCUT2D eigenvalue weighted by Gasteiger charge is -2.13. The minimum Gasteiger partial charge on any atom is -0.493 e. The number of non-ortho nitro benzene ring substituents is 1. The Morgan fingerprint density at radius 2 is 1.89 bits per heavy atom. The second-order valence-corrected chi connectivity index (χ2v) is 9.32. The topological polar surface area (TPSA) is 128 Å². The Bertz CT molecular complexity index is 1460. The van der Waals surface area contributed by atoms with Crippen LogP contribution in [-0.2, 0) is 16.2 Å². The fourth-order valence-electron chi connectivity index (χ4n) is 3.50. The molecule has 0 spiro atoms. The van der Waals surface area contributed by atoms with Gasteiger partial charge in [0.05, 0.1) is 27.6 Å². The van der Waals surface area contributed by atoms with Crippen LogP contribution in [0.15, 0.2) is 71.6 Å². The zero-order valence-electron chi connectivity index (χ0n) is 19.9. The Morgan fingerprint density at radius 1 is 1.11 bits per heavy atom. The van der Waals surface area contributed by atoms with Crippen LogP contribution >= 0.6 is 23.4 Å². The molecule has 4 rings (SSSR count). The van der Waals surface area contributed by atoms with Crippen molar-refractivity contribution in [1.82, 2.24) is 4.90 Å². The second-order valence-electron chi connectivity index (χ2n) is 7.92. The number of anilines is 1. The molecule has 0 saturated carbocycles. The van der Waals surface area contributed by atoms with Gasteiger partial charge in [0.2, 0.25) is 5.91 Å². The Labute approximate surface area is 226 Å². The number of thioether (sulfide) groups is 1. The van der Waals surface area contributed by atoms with Crippen LogP contribution in [0.3, 0.4) is 0 Å². The number of methoxy groups -OCH3 is 1. The third kappa shape index (κ3) is 6.31. The van der Waals surface area contributed by atoms with Crippen molar-refractivity contribution in [3.8, 4) is 11.5 Å². The number of benzene rings is 3. The van der Waals surface area contributed by atoms with Gasteiger partial charge >= 0.3 is 0 Å².